The highest BCUT2D eigenvalue weighted by Gasteiger charge is 2.08. The second-order valence-corrected chi connectivity index (χ2v) is 4.83. The SMILES string of the molecule is COc1ccc(C(N)=O)cc1NCc1ccc(O)c(Cl)c1. The van der Waals surface area contributed by atoms with Crippen molar-refractivity contribution in [3.05, 3.63) is 52.5 Å². The Morgan fingerprint density at radius 3 is 2.71 bits per heavy atom. The average Bonchev–Trinajstić information content (AvgIpc) is 2.48. The maximum Gasteiger partial charge on any atom is 0.248 e. The molecule has 0 aliphatic carbocycles. The van der Waals surface area contributed by atoms with E-state index in [-0.39, 0.29) is 10.8 Å². The Bertz CT molecular complexity index is 674. The topological polar surface area (TPSA) is 84.6 Å². The lowest BCUT2D eigenvalue weighted by molar-refractivity contribution is 0.100. The number of hydrogen-bond acceptors (Lipinski definition) is 4. The third-order valence-corrected chi connectivity index (χ3v) is 3.28. The van der Waals surface area contributed by atoms with E-state index in [9.17, 15) is 9.90 Å². The lowest BCUT2D eigenvalue weighted by atomic mass is 10.1. The van der Waals surface area contributed by atoms with Crippen LogP contribution in [0.2, 0.25) is 5.02 Å². The Kier molecular flexibility index (Phi) is 4.55. The van der Waals surface area contributed by atoms with Crippen LogP contribution in [0.5, 0.6) is 11.5 Å². The molecule has 0 atom stereocenters. The number of benzene rings is 2. The lowest BCUT2D eigenvalue weighted by Gasteiger charge is -2.12. The van der Waals surface area contributed by atoms with Crippen LogP contribution in [0, 0.1) is 0 Å². The van der Waals surface area contributed by atoms with E-state index >= 15 is 0 Å². The molecule has 0 heterocycles. The molecule has 0 bridgehead atoms. The molecule has 21 heavy (non-hydrogen) atoms. The minimum absolute atomic E-state index is 0.0359. The van der Waals surface area contributed by atoms with Crippen molar-refractivity contribution in [2.24, 2.45) is 5.73 Å². The molecule has 0 aliphatic rings. The van der Waals surface area contributed by atoms with Gasteiger partial charge in [-0.15, -0.1) is 0 Å². The van der Waals surface area contributed by atoms with Gasteiger partial charge in [0.25, 0.3) is 0 Å². The Labute approximate surface area is 127 Å². The normalized spacial score (nSPS) is 10.2. The fourth-order valence-corrected chi connectivity index (χ4v) is 2.06. The number of hydrogen-bond donors (Lipinski definition) is 3. The van der Waals surface area contributed by atoms with Crippen LogP contribution in [0.1, 0.15) is 15.9 Å². The van der Waals surface area contributed by atoms with Crippen LogP contribution < -0.4 is 15.8 Å². The smallest absolute Gasteiger partial charge is 0.248 e. The van der Waals surface area contributed by atoms with Crippen molar-refractivity contribution in [3.8, 4) is 11.5 Å². The van der Waals surface area contributed by atoms with Crippen LogP contribution in [-0.2, 0) is 6.54 Å². The number of ether oxygens (including phenoxy) is 1. The van der Waals surface area contributed by atoms with E-state index in [0.29, 0.717) is 23.5 Å². The summed E-state index contributed by atoms with van der Waals surface area (Å²) in [6.45, 7) is 0.457. The molecule has 0 radical (unpaired) electrons. The fourth-order valence-electron chi connectivity index (χ4n) is 1.86. The largest absolute Gasteiger partial charge is 0.506 e. The molecule has 2 aromatic rings. The van der Waals surface area contributed by atoms with E-state index in [4.69, 9.17) is 22.1 Å². The zero-order chi connectivity index (χ0) is 15.4. The van der Waals surface area contributed by atoms with Gasteiger partial charge in [-0.3, -0.25) is 4.79 Å². The highest BCUT2D eigenvalue weighted by atomic mass is 35.5. The molecule has 4 N–H and O–H groups in total. The maximum absolute atomic E-state index is 11.2. The molecule has 2 aromatic carbocycles. The molecule has 0 saturated carbocycles. The summed E-state index contributed by atoms with van der Waals surface area (Å²) < 4.78 is 5.23. The second-order valence-electron chi connectivity index (χ2n) is 4.42. The van der Waals surface area contributed by atoms with Crippen molar-refractivity contribution >= 4 is 23.2 Å². The van der Waals surface area contributed by atoms with Gasteiger partial charge in [0.05, 0.1) is 17.8 Å². The number of amides is 1. The number of aromatic hydroxyl groups is 1. The van der Waals surface area contributed by atoms with E-state index in [1.807, 2.05) is 0 Å². The van der Waals surface area contributed by atoms with Crippen LogP contribution in [0.15, 0.2) is 36.4 Å². The van der Waals surface area contributed by atoms with Crippen LogP contribution >= 0.6 is 11.6 Å². The molecular formula is C15H15ClN2O3. The summed E-state index contributed by atoms with van der Waals surface area (Å²) in [5.74, 6) is 0.131. The molecule has 0 spiro atoms. The molecule has 110 valence electrons. The summed E-state index contributed by atoms with van der Waals surface area (Å²) >= 11 is 5.86. The number of halogens is 1. The van der Waals surface area contributed by atoms with Gasteiger partial charge in [-0.2, -0.15) is 0 Å². The first-order valence-corrected chi connectivity index (χ1v) is 6.58. The van der Waals surface area contributed by atoms with Gasteiger partial charge in [0.15, 0.2) is 0 Å². The summed E-state index contributed by atoms with van der Waals surface area (Å²) in [5.41, 5.74) is 7.19. The molecule has 5 nitrogen and oxygen atoms in total. The number of methoxy groups -OCH3 is 1. The van der Waals surface area contributed by atoms with Crippen LogP contribution in [-0.4, -0.2) is 18.1 Å². The summed E-state index contributed by atoms with van der Waals surface area (Å²) in [6, 6.07) is 9.84. The zero-order valence-corrected chi connectivity index (χ0v) is 12.1. The molecule has 0 unspecified atom stereocenters. The first-order chi connectivity index (χ1) is 10.0. The van der Waals surface area contributed by atoms with Crippen molar-refractivity contribution in [1.29, 1.82) is 0 Å². The van der Waals surface area contributed by atoms with Crippen molar-refractivity contribution < 1.29 is 14.6 Å². The zero-order valence-electron chi connectivity index (χ0n) is 11.4. The van der Waals surface area contributed by atoms with Crippen molar-refractivity contribution in [1.82, 2.24) is 0 Å². The van der Waals surface area contributed by atoms with Crippen LogP contribution in [0.4, 0.5) is 5.69 Å². The van der Waals surface area contributed by atoms with Crippen molar-refractivity contribution in [2.45, 2.75) is 6.54 Å². The highest BCUT2D eigenvalue weighted by molar-refractivity contribution is 6.32. The lowest BCUT2D eigenvalue weighted by Crippen LogP contribution is -2.11. The summed E-state index contributed by atoms with van der Waals surface area (Å²) in [7, 11) is 1.54. The molecule has 0 aromatic heterocycles. The highest BCUT2D eigenvalue weighted by Crippen LogP contribution is 2.27. The number of rotatable bonds is 5. The number of anilines is 1. The summed E-state index contributed by atoms with van der Waals surface area (Å²) in [4.78, 5) is 11.2. The van der Waals surface area contributed by atoms with Gasteiger partial charge in [-0.1, -0.05) is 17.7 Å². The van der Waals surface area contributed by atoms with Gasteiger partial charge < -0.3 is 20.9 Å². The summed E-state index contributed by atoms with van der Waals surface area (Å²) in [6.07, 6.45) is 0. The molecule has 0 saturated heterocycles. The molecule has 6 heteroatoms. The second kappa shape index (κ2) is 6.37. The Morgan fingerprint density at radius 1 is 1.33 bits per heavy atom. The van der Waals surface area contributed by atoms with E-state index in [1.165, 1.54) is 6.07 Å². The number of primary amides is 1. The number of nitrogens with one attached hydrogen (secondary N) is 1. The molecular weight excluding hydrogens is 292 g/mol. The predicted molar refractivity (Wildman–Crippen MR) is 82.0 cm³/mol. The standard InChI is InChI=1S/C15H15ClN2O3/c1-21-14-5-3-10(15(17)20)7-12(14)18-8-9-2-4-13(19)11(16)6-9/h2-7,18-19H,8H2,1H3,(H2,17,20). The van der Waals surface area contributed by atoms with Gasteiger partial charge in [-0.05, 0) is 35.9 Å². The Morgan fingerprint density at radius 2 is 2.10 bits per heavy atom. The van der Waals surface area contributed by atoms with Crippen LogP contribution in [0.25, 0.3) is 0 Å². The monoisotopic (exact) mass is 306 g/mol. The van der Waals surface area contributed by atoms with Crippen molar-refractivity contribution in [3.63, 3.8) is 0 Å². The first kappa shape index (κ1) is 15.0. The number of carbonyl (C=O) groups excluding carboxylic acids is 1. The van der Waals surface area contributed by atoms with E-state index < -0.39 is 5.91 Å². The third kappa shape index (κ3) is 3.58. The Balaban J connectivity index is 2.19. The van der Waals surface area contributed by atoms with E-state index in [0.717, 1.165) is 5.56 Å². The third-order valence-electron chi connectivity index (χ3n) is 2.98. The minimum atomic E-state index is -0.506. The number of phenols is 1. The quantitative estimate of drug-likeness (QED) is 0.793. The van der Waals surface area contributed by atoms with Gasteiger partial charge in [0, 0.05) is 12.1 Å². The fraction of sp³-hybridized carbons (Fsp3) is 0.133. The maximum atomic E-state index is 11.2. The van der Waals surface area contributed by atoms with E-state index in [1.54, 1.807) is 37.4 Å². The van der Waals surface area contributed by atoms with Crippen LogP contribution in [0.3, 0.4) is 0 Å². The van der Waals surface area contributed by atoms with Gasteiger partial charge in [0.2, 0.25) is 5.91 Å². The van der Waals surface area contributed by atoms with E-state index in [2.05, 4.69) is 5.32 Å². The molecule has 0 fully saturated rings. The number of carbonyl (C=O) groups is 1. The Hall–Kier alpha value is -2.40. The minimum Gasteiger partial charge on any atom is -0.506 e. The number of nitrogens with two attached hydrogens (primary N) is 1. The molecule has 2 rings (SSSR count). The van der Waals surface area contributed by atoms with Crippen molar-refractivity contribution in [2.75, 3.05) is 12.4 Å². The molecule has 1 amide bonds. The average molecular weight is 307 g/mol. The summed E-state index contributed by atoms with van der Waals surface area (Å²) in [5, 5.41) is 12.8. The molecule has 0 aliphatic heterocycles. The van der Waals surface area contributed by atoms with Gasteiger partial charge in [0.1, 0.15) is 11.5 Å². The van der Waals surface area contributed by atoms with Gasteiger partial charge >= 0.3 is 0 Å². The number of phenolic OH excluding ortho intramolecular Hbond substituents is 1. The van der Waals surface area contributed by atoms with Gasteiger partial charge in [-0.25, -0.2) is 0 Å². The predicted octanol–water partition coefficient (Wildman–Crippen LogP) is 2.77. The first-order valence-electron chi connectivity index (χ1n) is 6.20.